The van der Waals surface area contributed by atoms with E-state index in [1.807, 2.05) is 20.8 Å². The van der Waals surface area contributed by atoms with Crippen LogP contribution in [0.5, 0.6) is 0 Å². The molecule has 0 atom stereocenters. The summed E-state index contributed by atoms with van der Waals surface area (Å²) in [7, 11) is 0. The van der Waals surface area contributed by atoms with Crippen molar-refractivity contribution in [1.82, 2.24) is 10.6 Å². The lowest BCUT2D eigenvalue weighted by atomic mass is 9.68. The molecule has 0 bridgehead atoms. The Balaban J connectivity index is 2.35. The third-order valence-electron chi connectivity index (χ3n) is 3.20. The number of carboxylic acids is 1. The highest BCUT2D eigenvalue weighted by Gasteiger charge is 2.50. The number of rotatable bonds is 5. The quantitative estimate of drug-likeness (QED) is 0.640. The minimum absolute atomic E-state index is 0.151. The molecule has 3 N–H and O–H groups in total. The smallest absolute Gasteiger partial charge is 0.319 e. The molecule has 6 nitrogen and oxygen atoms in total. The third kappa shape index (κ3) is 3.94. The van der Waals surface area contributed by atoms with Gasteiger partial charge in [-0.1, -0.05) is 6.42 Å². The van der Waals surface area contributed by atoms with Crippen LogP contribution in [-0.2, 0) is 14.4 Å². The highest BCUT2D eigenvalue weighted by Crippen LogP contribution is 2.41. The molecule has 1 aliphatic rings. The van der Waals surface area contributed by atoms with E-state index in [0.717, 1.165) is 6.42 Å². The van der Waals surface area contributed by atoms with Crippen molar-refractivity contribution in [3.8, 4) is 0 Å². The second-order valence-electron chi connectivity index (χ2n) is 6.04. The van der Waals surface area contributed by atoms with Crippen LogP contribution in [0.3, 0.4) is 0 Å². The van der Waals surface area contributed by atoms with Crippen molar-refractivity contribution in [2.24, 2.45) is 5.41 Å². The maximum atomic E-state index is 11.8. The number of amides is 2. The molecular formula is C13H22N2O4. The van der Waals surface area contributed by atoms with Crippen molar-refractivity contribution in [1.29, 1.82) is 0 Å². The van der Waals surface area contributed by atoms with Crippen molar-refractivity contribution in [3.63, 3.8) is 0 Å². The maximum Gasteiger partial charge on any atom is 0.319 e. The molecule has 1 saturated carbocycles. The van der Waals surface area contributed by atoms with Crippen LogP contribution in [-0.4, -0.2) is 35.0 Å². The van der Waals surface area contributed by atoms with E-state index in [2.05, 4.69) is 10.6 Å². The van der Waals surface area contributed by atoms with Crippen LogP contribution >= 0.6 is 0 Å². The highest BCUT2D eigenvalue weighted by molar-refractivity contribution is 6.02. The first-order valence-electron chi connectivity index (χ1n) is 6.50. The lowest BCUT2D eigenvalue weighted by molar-refractivity contribution is -0.162. The van der Waals surface area contributed by atoms with Gasteiger partial charge < -0.3 is 15.7 Å². The predicted octanol–water partition coefficient (Wildman–Crippen LogP) is 0.662. The van der Waals surface area contributed by atoms with Gasteiger partial charge in [-0.05, 0) is 33.6 Å². The molecule has 108 valence electrons. The van der Waals surface area contributed by atoms with Crippen molar-refractivity contribution in [2.75, 3.05) is 6.54 Å². The van der Waals surface area contributed by atoms with Gasteiger partial charge >= 0.3 is 5.97 Å². The molecule has 0 radical (unpaired) electrons. The summed E-state index contributed by atoms with van der Waals surface area (Å²) in [4.78, 5) is 34.4. The predicted molar refractivity (Wildman–Crippen MR) is 69.4 cm³/mol. The Hall–Kier alpha value is -1.59. The van der Waals surface area contributed by atoms with Crippen LogP contribution in [0.4, 0.5) is 0 Å². The van der Waals surface area contributed by atoms with Crippen LogP contribution in [0.1, 0.15) is 46.5 Å². The average molecular weight is 270 g/mol. The second kappa shape index (κ2) is 5.59. The molecule has 6 heteroatoms. The molecule has 2 amide bonds. The van der Waals surface area contributed by atoms with Gasteiger partial charge in [0.1, 0.15) is 5.41 Å². The molecular weight excluding hydrogens is 248 g/mol. The second-order valence-corrected chi connectivity index (χ2v) is 6.04. The average Bonchev–Trinajstić information content (AvgIpc) is 2.11. The van der Waals surface area contributed by atoms with Crippen LogP contribution in [0.25, 0.3) is 0 Å². The van der Waals surface area contributed by atoms with Crippen LogP contribution in [0.15, 0.2) is 0 Å². The lowest BCUT2D eigenvalue weighted by Crippen LogP contribution is -2.51. The minimum atomic E-state index is -1.26. The molecule has 1 aliphatic carbocycles. The molecule has 1 fully saturated rings. The molecule has 0 spiro atoms. The molecule has 19 heavy (non-hydrogen) atoms. The Bertz CT molecular complexity index is 381. The Morgan fingerprint density at radius 2 is 1.79 bits per heavy atom. The first kappa shape index (κ1) is 15.5. The maximum absolute atomic E-state index is 11.8. The zero-order valence-electron chi connectivity index (χ0n) is 11.7. The van der Waals surface area contributed by atoms with Gasteiger partial charge in [0, 0.05) is 18.5 Å². The van der Waals surface area contributed by atoms with E-state index >= 15 is 0 Å². The SMILES string of the molecule is CC(C)(C)NC(=O)CCNC(=O)C1(C(=O)O)CCC1. The van der Waals surface area contributed by atoms with Crippen LogP contribution in [0.2, 0.25) is 0 Å². The summed E-state index contributed by atoms with van der Waals surface area (Å²) in [6.45, 7) is 5.78. The molecule has 1 rings (SSSR count). The first-order valence-corrected chi connectivity index (χ1v) is 6.50. The largest absolute Gasteiger partial charge is 0.480 e. The Morgan fingerprint density at radius 3 is 2.16 bits per heavy atom. The van der Waals surface area contributed by atoms with Gasteiger partial charge in [-0.2, -0.15) is 0 Å². The lowest BCUT2D eigenvalue weighted by Gasteiger charge is -2.35. The van der Waals surface area contributed by atoms with E-state index in [1.54, 1.807) is 0 Å². The van der Waals surface area contributed by atoms with E-state index in [0.29, 0.717) is 12.8 Å². The van der Waals surface area contributed by atoms with Crippen molar-refractivity contribution >= 4 is 17.8 Å². The normalized spacial score (nSPS) is 17.2. The van der Waals surface area contributed by atoms with Gasteiger partial charge in [-0.15, -0.1) is 0 Å². The topological polar surface area (TPSA) is 95.5 Å². The van der Waals surface area contributed by atoms with Crippen LogP contribution < -0.4 is 10.6 Å². The monoisotopic (exact) mass is 270 g/mol. The van der Waals surface area contributed by atoms with Gasteiger partial charge in [0.05, 0.1) is 0 Å². The number of aliphatic carboxylic acids is 1. The first-order chi connectivity index (χ1) is 8.67. The summed E-state index contributed by atoms with van der Waals surface area (Å²) in [5, 5.41) is 14.4. The summed E-state index contributed by atoms with van der Waals surface area (Å²) in [6, 6.07) is 0. The summed E-state index contributed by atoms with van der Waals surface area (Å²) in [5.41, 5.74) is -1.57. The fraction of sp³-hybridized carbons (Fsp3) is 0.769. The number of carbonyl (C=O) groups excluding carboxylic acids is 2. The molecule has 0 aromatic rings. The Labute approximate surface area is 112 Å². The number of hydrogen-bond donors (Lipinski definition) is 3. The molecule has 0 aromatic heterocycles. The minimum Gasteiger partial charge on any atom is -0.480 e. The fourth-order valence-corrected chi connectivity index (χ4v) is 2.01. The van der Waals surface area contributed by atoms with E-state index in [1.165, 1.54) is 0 Å². The third-order valence-corrected chi connectivity index (χ3v) is 3.20. The van der Waals surface area contributed by atoms with Gasteiger partial charge in [0.25, 0.3) is 0 Å². The summed E-state index contributed by atoms with van der Waals surface area (Å²) < 4.78 is 0. The van der Waals surface area contributed by atoms with E-state index < -0.39 is 17.3 Å². The van der Waals surface area contributed by atoms with E-state index in [9.17, 15) is 14.4 Å². The van der Waals surface area contributed by atoms with Crippen LogP contribution in [0, 0.1) is 5.41 Å². The number of carbonyl (C=O) groups is 3. The van der Waals surface area contributed by atoms with E-state index in [4.69, 9.17) is 5.11 Å². The Morgan fingerprint density at radius 1 is 1.21 bits per heavy atom. The summed E-state index contributed by atoms with van der Waals surface area (Å²) in [6.07, 6.45) is 1.66. The number of carboxylic acid groups (broad SMARTS) is 1. The zero-order valence-corrected chi connectivity index (χ0v) is 11.7. The summed E-state index contributed by atoms with van der Waals surface area (Å²) in [5.74, 6) is -1.71. The molecule has 0 heterocycles. The fourth-order valence-electron chi connectivity index (χ4n) is 2.01. The molecule has 0 unspecified atom stereocenters. The Kier molecular flexibility index (Phi) is 4.55. The van der Waals surface area contributed by atoms with Crippen molar-refractivity contribution in [2.45, 2.75) is 52.0 Å². The highest BCUT2D eigenvalue weighted by atomic mass is 16.4. The standard InChI is InChI=1S/C13H22N2O4/c1-12(2,3)15-9(16)5-8-14-10(17)13(11(18)19)6-4-7-13/h4-8H2,1-3H3,(H,14,17)(H,15,16)(H,18,19). The van der Waals surface area contributed by atoms with Gasteiger partial charge in [0.15, 0.2) is 0 Å². The van der Waals surface area contributed by atoms with Crippen molar-refractivity contribution < 1.29 is 19.5 Å². The van der Waals surface area contributed by atoms with Gasteiger partial charge in [-0.25, -0.2) is 0 Å². The zero-order chi connectivity index (χ0) is 14.7. The van der Waals surface area contributed by atoms with Crippen molar-refractivity contribution in [3.05, 3.63) is 0 Å². The number of hydrogen-bond acceptors (Lipinski definition) is 3. The molecule has 0 aromatic carbocycles. The van der Waals surface area contributed by atoms with Gasteiger partial charge in [0.2, 0.25) is 11.8 Å². The molecule has 0 aliphatic heterocycles. The van der Waals surface area contributed by atoms with Gasteiger partial charge in [-0.3, -0.25) is 14.4 Å². The molecule has 0 saturated heterocycles. The summed E-state index contributed by atoms with van der Waals surface area (Å²) >= 11 is 0. The van der Waals surface area contributed by atoms with E-state index in [-0.39, 0.29) is 24.4 Å². The number of nitrogens with one attached hydrogen (secondary N) is 2.